The van der Waals surface area contributed by atoms with E-state index >= 15 is 0 Å². The second-order valence-electron chi connectivity index (χ2n) is 6.64. The van der Waals surface area contributed by atoms with Gasteiger partial charge in [0.05, 0.1) is 6.26 Å². The average Bonchev–Trinajstić information content (AvgIpc) is 3.22. The van der Waals surface area contributed by atoms with Crippen LogP contribution in [0.2, 0.25) is 0 Å². The molecule has 0 saturated carbocycles. The van der Waals surface area contributed by atoms with Crippen LogP contribution in [0.15, 0.2) is 52.1 Å². The Kier molecular flexibility index (Phi) is 9.33. The lowest BCUT2D eigenvalue weighted by Gasteiger charge is -2.29. The van der Waals surface area contributed by atoms with E-state index in [0.29, 0.717) is 19.5 Å². The fourth-order valence-corrected chi connectivity index (χ4v) is 3.21. The number of hydrogen-bond donors (Lipinski definition) is 2. The largest absolute Gasteiger partial charge is 0.467 e. The summed E-state index contributed by atoms with van der Waals surface area (Å²) in [5, 5.41) is 6.49. The van der Waals surface area contributed by atoms with Crippen LogP contribution < -0.4 is 10.6 Å². The number of nitrogens with one attached hydrogen (secondary N) is 2. The Balaban J connectivity index is 0.00000280. The summed E-state index contributed by atoms with van der Waals surface area (Å²) < 4.78 is 5.30. The summed E-state index contributed by atoms with van der Waals surface area (Å²) in [5.41, 5.74) is 2.64. The second-order valence-corrected chi connectivity index (χ2v) is 6.64. The number of amides is 1. The van der Waals surface area contributed by atoms with E-state index in [1.807, 2.05) is 30.0 Å². The van der Waals surface area contributed by atoms with Gasteiger partial charge in [0.1, 0.15) is 12.3 Å². The van der Waals surface area contributed by atoms with E-state index in [-0.39, 0.29) is 29.9 Å². The number of furan rings is 1. The predicted octanol–water partition coefficient (Wildman–Crippen LogP) is 3.32. The molecule has 0 fully saturated rings. The zero-order valence-electron chi connectivity index (χ0n) is 16.3. The minimum Gasteiger partial charge on any atom is -0.467 e. The Bertz CT molecular complexity index is 762. The SMILES string of the molecule is CCNC(=NCc1ccco1)NCCCC(=O)N1CCc2ccccc2C1.I. The molecule has 0 radical (unpaired) electrons. The Labute approximate surface area is 183 Å². The van der Waals surface area contributed by atoms with Crippen molar-refractivity contribution in [2.45, 2.75) is 39.3 Å². The lowest BCUT2D eigenvalue weighted by molar-refractivity contribution is -0.132. The van der Waals surface area contributed by atoms with Crippen LogP contribution in [0.3, 0.4) is 0 Å². The third-order valence-corrected chi connectivity index (χ3v) is 4.66. The number of aliphatic imine (C=N–C) groups is 1. The van der Waals surface area contributed by atoms with Crippen molar-refractivity contribution in [1.82, 2.24) is 15.5 Å². The molecule has 0 bridgehead atoms. The highest BCUT2D eigenvalue weighted by molar-refractivity contribution is 14.0. The standard InChI is InChI=1S/C21H28N4O2.HI/c1-2-22-21(24-15-19-9-6-14-27-19)23-12-5-10-20(26)25-13-11-17-7-3-4-8-18(17)16-25;/h3-4,6-9,14H,2,5,10-13,15-16H2,1H3,(H2,22,23,24);1H. The molecule has 1 amide bonds. The molecule has 0 aliphatic carbocycles. The van der Waals surface area contributed by atoms with Gasteiger partial charge in [0.2, 0.25) is 5.91 Å². The number of benzene rings is 1. The van der Waals surface area contributed by atoms with Crippen molar-refractivity contribution in [3.63, 3.8) is 0 Å². The molecule has 2 heterocycles. The van der Waals surface area contributed by atoms with Gasteiger partial charge in [-0.2, -0.15) is 0 Å². The van der Waals surface area contributed by atoms with Crippen LogP contribution in [0.1, 0.15) is 36.7 Å². The van der Waals surface area contributed by atoms with Gasteiger partial charge < -0.3 is 20.0 Å². The maximum absolute atomic E-state index is 12.5. The second kappa shape index (κ2) is 11.7. The first-order valence-electron chi connectivity index (χ1n) is 9.65. The molecule has 7 heteroatoms. The number of carbonyl (C=O) groups excluding carboxylic acids is 1. The number of hydrogen-bond acceptors (Lipinski definition) is 3. The molecule has 1 aromatic carbocycles. The van der Waals surface area contributed by atoms with E-state index in [2.05, 4.69) is 33.8 Å². The highest BCUT2D eigenvalue weighted by Gasteiger charge is 2.19. The molecule has 3 rings (SSSR count). The molecule has 2 N–H and O–H groups in total. The molecule has 0 saturated heterocycles. The molecule has 1 aliphatic heterocycles. The molecular weight excluding hydrogens is 467 g/mol. The van der Waals surface area contributed by atoms with Crippen LogP contribution in [0.4, 0.5) is 0 Å². The molecular formula is C21H29IN4O2. The third-order valence-electron chi connectivity index (χ3n) is 4.66. The minimum atomic E-state index is 0. The number of guanidine groups is 1. The topological polar surface area (TPSA) is 69.9 Å². The molecule has 6 nitrogen and oxygen atoms in total. The number of halogens is 1. The maximum Gasteiger partial charge on any atom is 0.222 e. The van der Waals surface area contributed by atoms with Crippen LogP contribution in [-0.4, -0.2) is 36.4 Å². The molecule has 1 aliphatic rings. The van der Waals surface area contributed by atoms with E-state index in [1.165, 1.54) is 11.1 Å². The van der Waals surface area contributed by atoms with Crippen LogP contribution in [0.5, 0.6) is 0 Å². The van der Waals surface area contributed by atoms with Gasteiger partial charge in [-0.05, 0) is 43.0 Å². The van der Waals surface area contributed by atoms with Gasteiger partial charge in [0, 0.05) is 32.6 Å². The van der Waals surface area contributed by atoms with Crippen LogP contribution >= 0.6 is 24.0 Å². The summed E-state index contributed by atoms with van der Waals surface area (Å²) in [6, 6.07) is 12.1. The van der Waals surface area contributed by atoms with E-state index in [0.717, 1.165) is 44.2 Å². The van der Waals surface area contributed by atoms with E-state index in [1.54, 1.807) is 6.26 Å². The first-order chi connectivity index (χ1) is 13.3. The lowest BCUT2D eigenvalue weighted by Crippen LogP contribution is -2.39. The molecule has 152 valence electrons. The number of rotatable bonds is 7. The van der Waals surface area contributed by atoms with Crippen molar-refractivity contribution >= 4 is 35.8 Å². The van der Waals surface area contributed by atoms with Crippen molar-refractivity contribution in [3.05, 3.63) is 59.5 Å². The first-order valence-corrected chi connectivity index (χ1v) is 9.65. The van der Waals surface area contributed by atoms with E-state index in [9.17, 15) is 4.79 Å². The highest BCUT2D eigenvalue weighted by atomic mass is 127. The van der Waals surface area contributed by atoms with Crippen LogP contribution in [0.25, 0.3) is 0 Å². The van der Waals surface area contributed by atoms with Gasteiger partial charge in [-0.25, -0.2) is 4.99 Å². The highest BCUT2D eigenvalue weighted by Crippen LogP contribution is 2.19. The van der Waals surface area contributed by atoms with Crippen LogP contribution in [-0.2, 0) is 24.3 Å². The zero-order valence-corrected chi connectivity index (χ0v) is 18.6. The number of fused-ring (bicyclic) bond motifs is 1. The van der Waals surface area contributed by atoms with Gasteiger partial charge in [0.25, 0.3) is 0 Å². The Morgan fingerprint density at radius 2 is 2.00 bits per heavy atom. The van der Waals surface area contributed by atoms with Crippen molar-refractivity contribution in [2.24, 2.45) is 4.99 Å². The molecule has 2 aromatic rings. The number of carbonyl (C=O) groups is 1. The van der Waals surface area contributed by atoms with Crippen molar-refractivity contribution in [2.75, 3.05) is 19.6 Å². The Hall–Kier alpha value is -2.03. The van der Waals surface area contributed by atoms with Gasteiger partial charge in [-0.15, -0.1) is 24.0 Å². The monoisotopic (exact) mass is 496 g/mol. The molecule has 0 unspecified atom stereocenters. The quantitative estimate of drug-likeness (QED) is 0.267. The molecule has 0 spiro atoms. The molecule has 28 heavy (non-hydrogen) atoms. The smallest absolute Gasteiger partial charge is 0.222 e. The van der Waals surface area contributed by atoms with E-state index in [4.69, 9.17) is 4.42 Å². The Morgan fingerprint density at radius 1 is 1.18 bits per heavy atom. The van der Waals surface area contributed by atoms with Crippen LogP contribution in [0, 0.1) is 0 Å². The minimum absolute atomic E-state index is 0. The van der Waals surface area contributed by atoms with Gasteiger partial charge in [0.15, 0.2) is 5.96 Å². The van der Waals surface area contributed by atoms with Crippen molar-refractivity contribution < 1.29 is 9.21 Å². The van der Waals surface area contributed by atoms with Gasteiger partial charge in [-0.1, -0.05) is 24.3 Å². The maximum atomic E-state index is 12.5. The summed E-state index contributed by atoms with van der Waals surface area (Å²) in [7, 11) is 0. The third kappa shape index (κ3) is 6.54. The van der Waals surface area contributed by atoms with Gasteiger partial charge >= 0.3 is 0 Å². The van der Waals surface area contributed by atoms with E-state index < -0.39 is 0 Å². The fourth-order valence-electron chi connectivity index (χ4n) is 3.21. The summed E-state index contributed by atoms with van der Waals surface area (Å²) in [5.74, 6) is 1.80. The summed E-state index contributed by atoms with van der Waals surface area (Å²) in [4.78, 5) is 19.0. The Morgan fingerprint density at radius 3 is 2.75 bits per heavy atom. The average molecular weight is 496 g/mol. The number of nitrogens with zero attached hydrogens (tertiary/aromatic N) is 2. The predicted molar refractivity (Wildman–Crippen MR) is 122 cm³/mol. The van der Waals surface area contributed by atoms with Crippen molar-refractivity contribution in [1.29, 1.82) is 0 Å². The van der Waals surface area contributed by atoms with Gasteiger partial charge in [-0.3, -0.25) is 4.79 Å². The molecule has 1 aromatic heterocycles. The van der Waals surface area contributed by atoms with Crippen molar-refractivity contribution in [3.8, 4) is 0 Å². The molecule has 0 atom stereocenters. The lowest BCUT2D eigenvalue weighted by atomic mass is 9.99. The summed E-state index contributed by atoms with van der Waals surface area (Å²) in [6.45, 7) is 5.57. The normalized spacial score (nSPS) is 13.5. The summed E-state index contributed by atoms with van der Waals surface area (Å²) in [6.07, 6.45) is 3.93. The fraction of sp³-hybridized carbons (Fsp3) is 0.429. The zero-order chi connectivity index (χ0) is 18.9. The summed E-state index contributed by atoms with van der Waals surface area (Å²) >= 11 is 0. The first kappa shape index (κ1) is 22.3.